The minimum absolute atomic E-state index is 0.423. The third-order valence-electron chi connectivity index (χ3n) is 7.94. The first-order valence-electron chi connectivity index (χ1n) is 13.0. The zero-order valence-electron chi connectivity index (χ0n) is 20.6. The molecule has 7 heteroatoms. The molecule has 1 aliphatic carbocycles. The molecule has 0 bridgehead atoms. The largest absolute Gasteiger partial charge is 0.368 e. The van der Waals surface area contributed by atoms with Gasteiger partial charge in [0, 0.05) is 69.6 Å². The van der Waals surface area contributed by atoms with Gasteiger partial charge in [0.25, 0.3) is 0 Å². The van der Waals surface area contributed by atoms with Crippen molar-refractivity contribution >= 4 is 11.6 Å². The van der Waals surface area contributed by atoms with Gasteiger partial charge in [-0.25, -0.2) is 9.97 Å². The van der Waals surface area contributed by atoms with Crippen LogP contribution < -0.4 is 15.1 Å². The lowest BCUT2D eigenvalue weighted by molar-refractivity contribution is 0.191. The predicted octanol–water partition coefficient (Wildman–Crippen LogP) is 3.22. The van der Waals surface area contributed by atoms with E-state index in [0.29, 0.717) is 12.1 Å². The number of aromatic nitrogens is 3. The fourth-order valence-corrected chi connectivity index (χ4v) is 6.11. The molecule has 3 aliphatic rings. The first kappa shape index (κ1) is 22.4. The Labute approximate surface area is 208 Å². The lowest BCUT2D eigenvalue weighted by Crippen LogP contribution is -2.48. The standard InChI is InChI=1S/C28H35N7/c1-33(26-10-2-6-21-8-4-11-29-27(21)26)20-23-18-24-22(19-32-23)7-3-9-25(24)34-14-16-35(17-15-34)28-30-12-5-13-31-28/h3-5,7-9,11-13,23,26,32H,2,6,10,14-20H2,1H3/t23-,26-/m0/s1. The summed E-state index contributed by atoms with van der Waals surface area (Å²) < 4.78 is 0. The summed E-state index contributed by atoms with van der Waals surface area (Å²) in [6, 6.07) is 13.9. The van der Waals surface area contributed by atoms with Crippen LogP contribution in [0.3, 0.4) is 0 Å². The van der Waals surface area contributed by atoms with Crippen molar-refractivity contribution in [1.29, 1.82) is 0 Å². The highest BCUT2D eigenvalue weighted by Gasteiger charge is 2.29. The molecule has 0 amide bonds. The second-order valence-corrected chi connectivity index (χ2v) is 10.1. The van der Waals surface area contributed by atoms with E-state index in [0.717, 1.165) is 58.1 Å². The first-order chi connectivity index (χ1) is 17.3. The van der Waals surface area contributed by atoms with Gasteiger partial charge in [-0.15, -0.1) is 0 Å². The Morgan fingerprint density at radius 2 is 1.69 bits per heavy atom. The minimum Gasteiger partial charge on any atom is -0.368 e. The average molecular weight is 470 g/mol. The topological polar surface area (TPSA) is 60.4 Å². The molecule has 0 saturated carbocycles. The monoisotopic (exact) mass is 469 g/mol. The van der Waals surface area contributed by atoms with E-state index < -0.39 is 0 Å². The normalized spacial score (nSPS) is 22.1. The molecule has 182 valence electrons. The van der Waals surface area contributed by atoms with Gasteiger partial charge in [-0.2, -0.15) is 0 Å². The number of hydrogen-bond acceptors (Lipinski definition) is 7. The molecule has 1 fully saturated rings. The summed E-state index contributed by atoms with van der Waals surface area (Å²) >= 11 is 0. The quantitative estimate of drug-likeness (QED) is 0.616. The van der Waals surface area contributed by atoms with Crippen molar-refractivity contribution in [1.82, 2.24) is 25.2 Å². The molecule has 4 heterocycles. The molecule has 1 aromatic carbocycles. The fraction of sp³-hybridized carbons (Fsp3) is 0.464. The van der Waals surface area contributed by atoms with Crippen LogP contribution in [0.15, 0.2) is 55.0 Å². The van der Waals surface area contributed by atoms with Gasteiger partial charge >= 0.3 is 0 Å². The molecule has 1 N–H and O–H groups in total. The summed E-state index contributed by atoms with van der Waals surface area (Å²) in [6.07, 6.45) is 10.3. The highest BCUT2D eigenvalue weighted by atomic mass is 15.3. The Balaban J connectivity index is 1.14. The molecule has 1 saturated heterocycles. The molecule has 2 aromatic heterocycles. The van der Waals surface area contributed by atoms with E-state index in [9.17, 15) is 0 Å². The number of benzene rings is 1. The van der Waals surface area contributed by atoms with Crippen LogP contribution in [-0.4, -0.2) is 65.7 Å². The maximum atomic E-state index is 4.77. The third-order valence-corrected chi connectivity index (χ3v) is 7.94. The van der Waals surface area contributed by atoms with Crippen LogP contribution in [0.1, 0.15) is 41.3 Å². The Kier molecular flexibility index (Phi) is 6.35. The number of rotatable bonds is 5. The molecule has 6 rings (SSSR count). The second-order valence-electron chi connectivity index (χ2n) is 10.1. The van der Waals surface area contributed by atoms with E-state index in [-0.39, 0.29) is 0 Å². The van der Waals surface area contributed by atoms with E-state index in [1.165, 1.54) is 40.9 Å². The van der Waals surface area contributed by atoms with Crippen molar-refractivity contribution in [3.8, 4) is 0 Å². The van der Waals surface area contributed by atoms with Gasteiger partial charge in [0.15, 0.2) is 0 Å². The van der Waals surface area contributed by atoms with Gasteiger partial charge in [-0.3, -0.25) is 9.88 Å². The molecular formula is C28H35N7. The fourth-order valence-electron chi connectivity index (χ4n) is 6.11. The lowest BCUT2D eigenvalue weighted by Gasteiger charge is -2.39. The van der Waals surface area contributed by atoms with Crippen molar-refractivity contribution in [2.45, 2.75) is 44.3 Å². The number of pyridine rings is 1. The number of anilines is 2. The molecule has 0 unspecified atom stereocenters. The zero-order chi connectivity index (χ0) is 23.6. The van der Waals surface area contributed by atoms with Gasteiger partial charge in [-0.1, -0.05) is 18.2 Å². The maximum Gasteiger partial charge on any atom is 0.225 e. The second kappa shape index (κ2) is 9.91. The molecule has 2 atom stereocenters. The molecule has 35 heavy (non-hydrogen) atoms. The molecule has 3 aromatic rings. The van der Waals surface area contributed by atoms with Crippen LogP contribution >= 0.6 is 0 Å². The number of nitrogens with one attached hydrogen (secondary N) is 1. The van der Waals surface area contributed by atoms with Crippen LogP contribution in [0.4, 0.5) is 11.6 Å². The van der Waals surface area contributed by atoms with Gasteiger partial charge < -0.3 is 15.1 Å². The summed E-state index contributed by atoms with van der Waals surface area (Å²) in [6.45, 7) is 5.87. The summed E-state index contributed by atoms with van der Waals surface area (Å²) in [7, 11) is 2.28. The summed E-state index contributed by atoms with van der Waals surface area (Å²) in [5.41, 5.74) is 7.10. The van der Waals surface area contributed by atoms with Gasteiger partial charge in [0.2, 0.25) is 5.95 Å². The molecule has 2 aliphatic heterocycles. The van der Waals surface area contributed by atoms with E-state index in [4.69, 9.17) is 4.98 Å². The van der Waals surface area contributed by atoms with E-state index in [1.807, 2.05) is 24.7 Å². The molecule has 0 spiro atoms. The summed E-state index contributed by atoms with van der Waals surface area (Å²) in [4.78, 5) is 21.0. The van der Waals surface area contributed by atoms with Crippen molar-refractivity contribution in [2.75, 3.05) is 49.6 Å². The van der Waals surface area contributed by atoms with Crippen LogP contribution in [-0.2, 0) is 19.4 Å². The van der Waals surface area contributed by atoms with Gasteiger partial charge in [-0.05, 0) is 67.6 Å². The molecule has 0 radical (unpaired) electrons. The average Bonchev–Trinajstić information content (AvgIpc) is 2.93. The van der Waals surface area contributed by atoms with Crippen molar-refractivity contribution in [3.05, 3.63) is 77.4 Å². The highest BCUT2D eigenvalue weighted by Crippen LogP contribution is 2.33. The highest BCUT2D eigenvalue weighted by molar-refractivity contribution is 5.59. The number of aryl methyl sites for hydroxylation is 1. The maximum absolute atomic E-state index is 4.77. The Hall–Kier alpha value is -3.03. The summed E-state index contributed by atoms with van der Waals surface area (Å²) in [5, 5.41) is 3.82. The Morgan fingerprint density at radius 1 is 0.914 bits per heavy atom. The Bertz CT molecular complexity index is 1140. The van der Waals surface area contributed by atoms with E-state index >= 15 is 0 Å². The third kappa shape index (κ3) is 4.62. The van der Waals surface area contributed by atoms with Crippen LogP contribution in [0.25, 0.3) is 0 Å². The van der Waals surface area contributed by atoms with Gasteiger partial charge in [0.05, 0.1) is 11.7 Å². The van der Waals surface area contributed by atoms with Crippen molar-refractivity contribution in [3.63, 3.8) is 0 Å². The Morgan fingerprint density at radius 3 is 2.54 bits per heavy atom. The van der Waals surface area contributed by atoms with E-state index in [2.05, 4.69) is 67.4 Å². The molecular weight excluding hydrogens is 434 g/mol. The van der Waals surface area contributed by atoms with Gasteiger partial charge in [0.1, 0.15) is 0 Å². The predicted molar refractivity (Wildman–Crippen MR) is 140 cm³/mol. The SMILES string of the molecule is CN(C[C@@H]1Cc2c(cccc2N2CCN(c3ncccn3)CC2)CN1)[C@H]1CCCc2cccnc21. The van der Waals surface area contributed by atoms with Crippen LogP contribution in [0, 0.1) is 0 Å². The van der Waals surface area contributed by atoms with Crippen LogP contribution in [0.5, 0.6) is 0 Å². The van der Waals surface area contributed by atoms with E-state index in [1.54, 1.807) is 0 Å². The number of hydrogen-bond donors (Lipinski definition) is 1. The summed E-state index contributed by atoms with van der Waals surface area (Å²) in [5.74, 6) is 0.841. The minimum atomic E-state index is 0.423. The number of fused-ring (bicyclic) bond motifs is 2. The first-order valence-corrected chi connectivity index (χ1v) is 13.0. The molecule has 7 nitrogen and oxygen atoms in total. The number of nitrogens with zero attached hydrogens (tertiary/aromatic N) is 6. The smallest absolute Gasteiger partial charge is 0.225 e. The van der Waals surface area contributed by atoms with Crippen molar-refractivity contribution in [2.24, 2.45) is 0 Å². The number of likely N-dealkylation sites (N-methyl/N-ethyl adjacent to an activating group) is 1. The zero-order valence-corrected chi connectivity index (χ0v) is 20.6. The number of piperazine rings is 1. The van der Waals surface area contributed by atoms with Crippen molar-refractivity contribution < 1.29 is 0 Å². The lowest BCUT2D eigenvalue weighted by atomic mass is 9.89. The van der Waals surface area contributed by atoms with Crippen LogP contribution in [0.2, 0.25) is 0 Å².